The summed E-state index contributed by atoms with van der Waals surface area (Å²) in [6.07, 6.45) is 0.892. The predicted molar refractivity (Wildman–Crippen MR) is 81.1 cm³/mol. The monoisotopic (exact) mass is 275 g/mol. The molecule has 2 aromatic rings. The van der Waals surface area contributed by atoms with Gasteiger partial charge in [-0.25, -0.2) is 0 Å². The molecule has 0 bridgehead atoms. The van der Waals surface area contributed by atoms with Gasteiger partial charge in [0.15, 0.2) is 0 Å². The number of hydrogen-bond donors (Lipinski definition) is 0. The van der Waals surface area contributed by atoms with Gasteiger partial charge in [0.25, 0.3) is 0 Å². The van der Waals surface area contributed by atoms with E-state index in [1.807, 2.05) is 36.4 Å². The van der Waals surface area contributed by atoms with Crippen molar-refractivity contribution in [2.75, 3.05) is 6.61 Å². The van der Waals surface area contributed by atoms with Gasteiger partial charge in [-0.05, 0) is 23.6 Å². The van der Waals surface area contributed by atoms with Crippen LogP contribution in [0.2, 0.25) is 0 Å². The zero-order valence-electron chi connectivity index (χ0n) is 13.0. The van der Waals surface area contributed by atoms with Gasteiger partial charge in [0.1, 0.15) is 0 Å². The van der Waals surface area contributed by atoms with Crippen LogP contribution >= 0.6 is 0 Å². The summed E-state index contributed by atoms with van der Waals surface area (Å²) in [6, 6.07) is 20.8. The summed E-state index contributed by atoms with van der Waals surface area (Å²) < 4.78 is 0. The minimum Gasteiger partial charge on any atom is -0.853 e. The van der Waals surface area contributed by atoms with Gasteiger partial charge in [0, 0.05) is 13.1 Å². The Hall–Kier alpha value is -1.04. The number of hydrogen-bond acceptors (Lipinski definition) is 2. The second-order valence-corrected chi connectivity index (χ2v) is 5.10. The van der Waals surface area contributed by atoms with E-state index >= 15 is 0 Å². The molecule has 0 aliphatic rings. The average molecular weight is 275 g/mol. The van der Waals surface area contributed by atoms with Gasteiger partial charge < -0.3 is 5.11 Å². The molecule has 106 valence electrons. The van der Waals surface area contributed by atoms with Gasteiger partial charge in [0.05, 0.1) is 0 Å². The first kappa shape index (κ1) is 18.0. The Kier molecular flexibility index (Phi) is 8.42. The van der Waals surface area contributed by atoms with Crippen LogP contribution in [0.3, 0.4) is 0 Å². The summed E-state index contributed by atoms with van der Waals surface area (Å²) in [6.45, 7) is 3.70. The molecule has 21 heavy (non-hydrogen) atoms. The third-order valence-corrected chi connectivity index (χ3v) is 3.64. The van der Waals surface area contributed by atoms with E-state index in [1.54, 1.807) is 0 Å². The summed E-state index contributed by atoms with van der Waals surface area (Å²) >= 11 is 0. The predicted octanol–water partition coefficient (Wildman–Crippen LogP) is -0.168. The van der Waals surface area contributed by atoms with Crippen molar-refractivity contribution >= 4 is 0 Å². The van der Waals surface area contributed by atoms with Crippen molar-refractivity contribution in [2.24, 2.45) is 0 Å². The summed E-state index contributed by atoms with van der Waals surface area (Å²) in [5.74, 6) is 0. The molecule has 0 spiro atoms. The molecule has 2 rings (SSSR count). The van der Waals surface area contributed by atoms with E-state index in [0.29, 0.717) is 0 Å². The van der Waals surface area contributed by atoms with Crippen molar-refractivity contribution in [1.82, 2.24) is 4.90 Å². The van der Waals surface area contributed by atoms with E-state index < -0.39 is 0 Å². The van der Waals surface area contributed by atoms with Crippen LogP contribution < -0.4 is 24.0 Å². The maximum atomic E-state index is 11.4. The van der Waals surface area contributed by atoms with E-state index in [-0.39, 0.29) is 31.5 Å². The second kappa shape index (κ2) is 9.81. The summed E-state index contributed by atoms with van der Waals surface area (Å²) in [5, 5.41) is 11.4. The molecule has 0 heterocycles. The fraction of sp³-hybridized carbons (Fsp3) is 0.333. The van der Waals surface area contributed by atoms with E-state index in [2.05, 4.69) is 36.1 Å². The normalized spacial score (nSPS) is 12.0. The van der Waals surface area contributed by atoms with E-state index in [1.165, 1.54) is 11.1 Å². The standard InChI is InChI=1S/C18H22NO.Li/c1-2-18(15-20)19(13-16-9-5-3-6-10-16)14-17-11-7-4-8-12-17;/h3-12,18H,2,13-15H2,1H3;/q-1;+1/t18-;/m1./s1. The molecule has 0 aliphatic heterocycles. The van der Waals surface area contributed by atoms with E-state index in [4.69, 9.17) is 0 Å². The van der Waals surface area contributed by atoms with Gasteiger partial charge in [-0.1, -0.05) is 67.6 Å². The molecule has 0 N–H and O–H groups in total. The Morgan fingerprint density at radius 1 is 0.857 bits per heavy atom. The van der Waals surface area contributed by atoms with Crippen molar-refractivity contribution in [3.63, 3.8) is 0 Å². The Morgan fingerprint density at radius 2 is 1.29 bits per heavy atom. The molecule has 3 heteroatoms. The smallest absolute Gasteiger partial charge is 0.853 e. The van der Waals surface area contributed by atoms with Gasteiger partial charge in [-0.15, -0.1) is 6.61 Å². The molecule has 2 aromatic carbocycles. The number of nitrogens with zero attached hydrogens (tertiary/aromatic N) is 1. The molecule has 0 fully saturated rings. The summed E-state index contributed by atoms with van der Waals surface area (Å²) in [5.41, 5.74) is 2.52. The topological polar surface area (TPSA) is 26.3 Å². The Balaban J connectivity index is 0.00000220. The zero-order valence-corrected chi connectivity index (χ0v) is 13.0. The molecule has 0 unspecified atom stereocenters. The van der Waals surface area contributed by atoms with E-state index in [0.717, 1.165) is 19.5 Å². The van der Waals surface area contributed by atoms with Crippen molar-refractivity contribution in [3.05, 3.63) is 71.8 Å². The Morgan fingerprint density at radius 3 is 1.62 bits per heavy atom. The molecular formula is C18H22LiNO. The molecule has 0 amide bonds. The minimum atomic E-state index is -0.0455. The number of rotatable bonds is 7. The van der Waals surface area contributed by atoms with Crippen molar-refractivity contribution in [3.8, 4) is 0 Å². The fourth-order valence-corrected chi connectivity index (χ4v) is 2.43. The van der Waals surface area contributed by atoms with Crippen LogP contribution in [-0.2, 0) is 13.1 Å². The Labute approximate surface area is 140 Å². The minimum absolute atomic E-state index is 0. The third-order valence-electron chi connectivity index (χ3n) is 3.64. The van der Waals surface area contributed by atoms with Gasteiger partial charge >= 0.3 is 18.9 Å². The molecule has 2 nitrogen and oxygen atoms in total. The van der Waals surface area contributed by atoms with Crippen LogP contribution in [-0.4, -0.2) is 17.5 Å². The van der Waals surface area contributed by atoms with Crippen molar-refractivity contribution in [1.29, 1.82) is 0 Å². The fourth-order valence-electron chi connectivity index (χ4n) is 2.43. The van der Waals surface area contributed by atoms with Crippen LogP contribution in [0.4, 0.5) is 0 Å². The summed E-state index contributed by atoms with van der Waals surface area (Å²) in [7, 11) is 0. The quantitative estimate of drug-likeness (QED) is 0.656. The largest absolute Gasteiger partial charge is 1.00 e. The molecule has 0 aliphatic carbocycles. The van der Waals surface area contributed by atoms with Gasteiger partial charge in [-0.3, -0.25) is 4.90 Å². The average Bonchev–Trinajstić information content (AvgIpc) is 2.50. The zero-order chi connectivity index (χ0) is 14.2. The first-order valence-corrected chi connectivity index (χ1v) is 7.23. The van der Waals surface area contributed by atoms with Gasteiger partial charge in [0.2, 0.25) is 0 Å². The van der Waals surface area contributed by atoms with Crippen molar-refractivity contribution < 1.29 is 24.0 Å². The maximum Gasteiger partial charge on any atom is 1.00 e. The molecule has 0 aromatic heterocycles. The second-order valence-electron chi connectivity index (χ2n) is 5.10. The Bertz CT molecular complexity index is 444. The summed E-state index contributed by atoms with van der Waals surface area (Å²) in [4.78, 5) is 2.29. The number of benzene rings is 2. The van der Waals surface area contributed by atoms with E-state index in [9.17, 15) is 5.11 Å². The van der Waals surface area contributed by atoms with Crippen LogP contribution in [0.5, 0.6) is 0 Å². The van der Waals surface area contributed by atoms with Crippen molar-refractivity contribution in [2.45, 2.75) is 32.5 Å². The van der Waals surface area contributed by atoms with Crippen LogP contribution in [0, 0.1) is 0 Å². The molecule has 0 saturated heterocycles. The van der Waals surface area contributed by atoms with Crippen LogP contribution in [0.25, 0.3) is 0 Å². The first-order valence-electron chi connectivity index (χ1n) is 7.23. The molecule has 0 radical (unpaired) electrons. The van der Waals surface area contributed by atoms with Crippen LogP contribution in [0.1, 0.15) is 24.5 Å². The van der Waals surface area contributed by atoms with Crippen LogP contribution in [0.15, 0.2) is 60.7 Å². The first-order chi connectivity index (χ1) is 9.83. The third kappa shape index (κ3) is 5.69. The SMILES string of the molecule is CC[C@H](C[O-])N(Cc1ccccc1)Cc1ccccc1.[Li+]. The molecular weight excluding hydrogens is 253 g/mol. The van der Waals surface area contributed by atoms with Gasteiger partial charge in [-0.2, -0.15) is 0 Å². The molecule has 0 saturated carbocycles. The molecule has 1 atom stereocenters. The maximum absolute atomic E-state index is 11.4.